The van der Waals surface area contributed by atoms with Gasteiger partial charge in [-0.2, -0.15) is 0 Å². The van der Waals surface area contributed by atoms with Crippen LogP contribution >= 0.6 is 0 Å². The van der Waals surface area contributed by atoms with E-state index in [1.165, 1.54) is 0 Å². The summed E-state index contributed by atoms with van der Waals surface area (Å²) in [5.74, 6) is 0.0509. The van der Waals surface area contributed by atoms with E-state index in [4.69, 9.17) is 9.47 Å². The number of ether oxygens (including phenoxy) is 2. The summed E-state index contributed by atoms with van der Waals surface area (Å²) in [4.78, 5) is 23.6. The zero-order valence-corrected chi connectivity index (χ0v) is 13.9. The Kier molecular flexibility index (Phi) is 5.15. The van der Waals surface area contributed by atoms with Gasteiger partial charge in [-0.15, -0.1) is 0 Å². The second kappa shape index (κ2) is 6.29. The van der Waals surface area contributed by atoms with Gasteiger partial charge in [0.05, 0.1) is 17.2 Å². The lowest BCUT2D eigenvalue weighted by Gasteiger charge is -2.23. The van der Waals surface area contributed by atoms with E-state index in [9.17, 15) is 9.59 Å². The normalized spacial score (nSPS) is 11.4. The van der Waals surface area contributed by atoms with Crippen molar-refractivity contribution in [3.63, 3.8) is 0 Å². The second-order valence-corrected chi connectivity index (χ2v) is 6.40. The van der Waals surface area contributed by atoms with Crippen LogP contribution in [-0.2, 0) is 4.74 Å². The first-order chi connectivity index (χ1) is 9.56. The SMILES string of the molecule is Cc1cc(C=O)c(OC(C)C)c(C)c1C(=O)OC(C)(C)C. The first-order valence-corrected chi connectivity index (χ1v) is 7.06. The Morgan fingerprint density at radius 1 is 1.24 bits per heavy atom. The van der Waals surface area contributed by atoms with E-state index in [-0.39, 0.29) is 6.10 Å². The highest BCUT2D eigenvalue weighted by atomic mass is 16.6. The molecule has 4 nitrogen and oxygen atoms in total. The quantitative estimate of drug-likeness (QED) is 0.624. The first kappa shape index (κ1) is 17.2. The Morgan fingerprint density at radius 3 is 2.24 bits per heavy atom. The number of aryl methyl sites for hydroxylation is 1. The van der Waals surface area contributed by atoms with E-state index in [0.29, 0.717) is 28.0 Å². The van der Waals surface area contributed by atoms with Crippen molar-refractivity contribution >= 4 is 12.3 Å². The van der Waals surface area contributed by atoms with Crippen LogP contribution in [0.25, 0.3) is 0 Å². The molecule has 0 atom stereocenters. The fourth-order valence-corrected chi connectivity index (χ4v) is 2.12. The van der Waals surface area contributed by atoms with Crippen LogP contribution in [0.15, 0.2) is 6.07 Å². The largest absolute Gasteiger partial charge is 0.490 e. The number of hydrogen-bond acceptors (Lipinski definition) is 4. The van der Waals surface area contributed by atoms with E-state index in [2.05, 4.69) is 0 Å². The zero-order chi connectivity index (χ0) is 16.4. The Hall–Kier alpha value is -1.84. The van der Waals surface area contributed by atoms with Gasteiger partial charge in [0.2, 0.25) is 0 Å². The molecule has 0 aromatic heterocycles. The smallest absolute Gasteiger partial charge is 0.339 e. The van der Waals surface area contributed by atoms with Crippen LogP contribution in [0.1, 0.15) is 66.5 Å². The summed E-state index contributed by atoms with van der Waals surface area (Å²) in [6, 6.07) is 1.66. The minimum atomic E-state index is -0.571. The monoisotopic (exact) mass is 292 g/mol. The minimum Gasteiger partial charge on any atom is -0.490 e. The highest BCUT2D eigenvalue weighted by molar-refractivity contribution is 5.96. The molecular formula is C17H24O4. The van der Waals surface area contributed by atoms with Gasteiger partial charge < -0.3 is 9.47 Å². The number of aldehydes is 1. The molecule has 0 saturated carbocycles. The van der Waals surface area contributed by atoms with E-state index in [0.717, 1.165) is 6.29 Å². The third-order valence-electron chi connectivity index (χ3n) is 2.83. The van der Waals surface area contributed by atoms with E-state index in [1.54, 1.807) is 19.9 Å². The molecule has 4 heteroatoms. The summed E-state index contributed by atoms with van der Waals surface area (Å²) in [6.07, 6.45) is 0.660. The molecule has 0 spiro atoms. The third-order valence-corrected chi connectivity index (χ3v) is 2.83. The molecule has 0 N–H and O–H groups in total. The van der Waals surface area contributed by atoms with Crippen molar-refractivity contribution in [1.82, 2.24) is 0 Å². The van der Waals surface area contributed by atoms with Gasteiger partial charge in [0, 0.05) is 5.56 Å². The van der Waals surface area contributed by atoms with E-state index < -0.39 is 11.6 Å². The molecule has 0 radical (unpaired) electrons. The molecule has 0 bridgehead atoms. The number of carbonyl (C=O) groups excluding carboxylic acids is 2. The second-order valence-electron chi connectivity index (χ2n) is 6.40. The Morgan fingerprint density at radius 2 is 1.81 bits per heavy atom. The maximum absolute atomic E-state index is 12.4. The topological polar surface area (TPSA) is 52.6 Å². The van der Waals surface area contributed by atoms with Gasteiger partial charge in [0.25, 0.3) is 0 Å². The average molecular weight is 292 g/mol. The van der Waals surface area contributed by atoms with Crippen LogP contribution in [0.4, 0.5) is 0 Å². The highest BCUT2D eigenvalue weighted by Crippen LogP contribution is 2.30. The summed E-state index contributed by atoms with van der Waals surface area (Å²) in [7, 11) is 0. The zero-order valence-electron chi connectivity index (χ0n) is 13.9. The van der Waals surface area contributed by atoms with Crippen LogP contribution in [0.3, 0.4) is 0 Å². The molecule has 0 heterocycles. The molecular weight excluding hydrogens is 268 g/mol. The summed E-state index contributed by atoms with van der Waals surface area (Å²) in [5.41, 5.74) is 1.69. The highest BCUT2D eigenvalue weighted by Gasteiger charge is 2.24. The molecule has 1 rings (SSSR count). The molecule has 0 saturated heterocycles. The van der Waals surface area contributed by atoms with Crippen LogP contribution in [0, 0.1) is 13.8 Å². The predicted molar refractivity (Wildman–Crippen MR) is 82.2 cm³/mol. The van der Waals surface area contributed by atoms with Crippen molar-refractivity contribution in [2.45, 2.75) is 60.2 Å². The maximum Gasteiger partial charge on any atom is 0.339 e. The Balaban J connectivity index is 3.39. The van der Waals surface area contributed by atoms with Gasteiger partial charge in [0.1, 0.15) is 11.4 Å². The number of carbonyl (C=O) groups is 2. The number of hydrogen-bond donors (Lipinski definition) is 0. The number of rotatable bonds is 4. The Bertz CT molecular complexity index is 551. The molecule has 1 aromatic rings. The summed E-state index contributed by atoms with van der Waals surface area (Å²) in [5, 5.41) is 0. The molecule has 0 fully saturated rings. The van der Waals surface area contributed by atoms with Crippen molar-refractivity contribution in [3.05, 3.63) is 28.3 Å². The van der Waals surface area contributed by atoms with E-state index >= 15 is 0 Å². The van der Waals surface area contributed by atoms with Crippen LogP contribution in [-0.4, -0.2) is 24.0 Å². The van der Waals surface area contributed by atoms with Gasteiger partial charge in [-0.05, 0) is 60.1 Å². The standard InChI is InChI=1S/C17H24O4/c1-10(2)20-15-12(4)14(11(3)8-13(15)9-18)16(19)21-17(5,6)7/h8-10H,1-7H3. The summed E-state index contributed by atoms with van der Waals surface area (Å²) >= 11 is 0. The van der Waals surface area contributed by atoms with Crippen molar-refractivity contribution in [2.24, 2.45) is 0 Å². The van der Waals surface area contributed by atoms with Crippen molar-refractivity contribution in [2.75, 3.05) is 0 Å². The molecule has 0 unspecified atom stereocenters. The summed E-state index contributed by atoms with van der Waals surface area (Å²) in [6.45, 7) is 12.8. The molecule has 116 valence electrons. The predicted octanol–water partition coefficient (Wildman–Crippen LogP) is 3.86. The average Bonchev–Trinajstić information content (AvgIpc) is 2.29. The van der Waals surface area contributed by atoms with Crippen molar-refractivity contribution < 1.29 is 19.1 Å². The maximum atomic E-state index is 12.4. The van der Waals surface area contributed by atoms with Gasteiger partial charge >= 0.3 is 5.97 Å². The molecule has 0 aliphatic carbocycles. The van der Waals surface area contributed by atoms with Crippen LogP contribution in [0.5, 0.6) is 5.75 Å². The van der Waals surface area contributed by atoms with Crippen LogP contribution in [0.2, 0.25) is 0 Å². The lowest BCUT2D eigenvalue weighted by Crippen LogP contribution is -2.25. The number of esters is 1. The van der Waals surface area contributed by atoms with Gasteiger partial charge in [-0.25, -0.2) is 4.79 Å². The third kappa shape index (κ3) is 4.31. The minimum absolute atomic E-state index is 0.0865. The Labute approximate surface area is 126 Å². The van der Waals surface area contributed by atoms with Crippen molar-refractivity contribution in [3.8, 4) is 5.75 Å². The van der Waals surface area contributed by atoms with E-state index in [1.807, 2.05) is 34.6 Å². The van der Waals surface area contributed by atoms with Gasteiger partial charge in [-0.1, -0.05) is 0 Å². The van der Waals surface area contributed by atoms with Gasteiger partial charge in [0.15, 0.2) is 6.29 Å². The number of benzene rings is 1. The van der Waals surface area contributed by atoms with Gasteiger partial charge in [-0.3, -0.25) is 4.79 Å². The summed E-state index contributed by atoms with van der Waals surface area (Å²) < 4.78 is 11.1. The molecule has 0 amide bonds. The molecule has 21 heavy (non-hydrogen) atoms. The molecule has 1 aromatic carbocycles. The molecule has 0 aliphatic heterocycles. The first-order valence-electron chi connectivity index (χ1n) is 7.06. The fourth-order valence-electron chi connectivity index (χ4n) is 2.12. The molecule has 0 aliphatic rings. The fraction of sp³-hybridized carbons (Fsp3) is 0.529. The van der Waals surface area contributed by atoms with Crippen LogP contribution < -0.4 is 4.74 Å². The lowest BCUT2D eigenvalue weighted by molar-refractivity contribution is 0.00670. The van der Waals surface area contributed by atoms with Crippen molar-refractivity contribution in [1.29, 1.82) is 0 Å². The lowest BCUT2D eigenvalue weighted by atomic mass is 9.98.